The second-order valence-electron chi connectivity index (χ2n) is 7.78. The highest BCUT2D eigenvalue weighted by atomic mass is 16.5. The number of fused-ring (bicyclic) bond motifs is 6. The summed E-state index contributed by atoms with van der Waals surface area (Å²) in [6.45, 7) is 6.38. The zero-order chi connectivity index (χ0) is 21.0. The van der Waals surface area contributed by atoms with Crippen molar-refractivity contribution in [1.29, 1.82) is 0 Å². The van der Waals surface area contributed by atoms with Crippen LogP contribution in [0.3, 0.4) is 0 Å². The number of ether oxygens (including phenoxy) is 5. The van der Waals surface area contributed by atoms with Gasteiger partial charge in [0.25, 0.3) is 0 Å². The smallest absolute Gasteiger partial charge is 0.164 e. The van der Waals surface area contributed by atoms with Gasteiger partial charge in [-0.2, -0.15) is 5.10 Å². The minimum absolute atomic E-state index is 0.0499. The van der Waals surface area contributed by atoms with E-state index in [9.17, 15) is 0 Å². The van der Waals surface area contributed by atoms with E-state index in [0.717, 1.165) is 39.5 Å². The summed E-state index contributed by atoms with van der Waals surface area (Å²) < 4.78 is 29.5. The van der Waals surface area contributed by atoms with Crippen molar-refractivity contribution in [3.63, 3.8) is 0 Å². The molecule has 0 aromatic heterocycles. The summed E-state index contributed by atoms with van der Waals surface area (Å²) in [7, 11) is 3.21. The van der Waals surface area contributed by atoms with Crippen LogP contribution >= 0.6 is 0 Å². The van der Waals surface area contributed by atoms with E-state index in [0.29, 0.717) is 30.3 Å². The molecule has 7 nitrogen and oxygen atoms in total. The van der Waals surface area contributed by atoms with Crippen LogP contribution in [0.5, 0.6) is 28.7 Å². The van der Waals surface area contributed by atoms with E-state index < -0.39 is 0 Å². The highest BCUT2D eigenvalue weighted by Crippen LogP contribution is 2.50. The minimum Gasteiger partial charge on any atom is -0.493 e. The third-order valence-electron chi connectivity index (χ3n) is 6.03. The molecule has 5 rings (SSSR count). The van der Waals surface area contributed by atoms with E-state index in [4.69, 9.17) is 29.5 Å². The van der Waals surface area contributed by atoms with Gasteiger partial charge in [-0.15, -0.1) is 0 Å². The number of benzene rings is 2. The van der Waals surface area contributed by atoms with Crippen LogP contribution in [-0.2, 0) is 6.42 Å². The van der Waals surface area contributed by atoms with Crippen molar-refractivity contribution in [1.82, 2.24) is 0 Å². The number of hydrazone groups is 1. The van der Waals surface area contributed by atoms with Crippen LogP contribution in [0.1, 0.15) is 29.5 Å². The van der Waals surface area contributed by atoms with Crippen molar-refractivity contribution >= 4 is 5.71 Å². The highest BCUT2D eigenvalue weighted by Gasteiger charge is 2.44. The van der Waals surface area contributed by atoms with Crippen LogP contribution in [-0.4, -0.2) is 38.7 Å². The Morgan fingerprint density at radius 3 is 2.60 bits per heavy atom. The average Bonchev–Trinajstić information content (AvgIpc) is 3.21. The van der Waals surface area contributed by atoms with Crippen LogP contribution in [0.25, 0.3) is 0 Å². The van der Waals surface area contributed by atoms with Crippen molar-refractivity contribution in [3.8, 4) is 28.7 Å². The Bertz CT molecular complexity index is 1080. The normalized spacial score (nSPS) is 24.4. The Kier molecular flexibility index (Phi) is 4.27. The van der Waals surface area contributed by atoms with Gasteiger partial charge in [0.05, 0.1) is 25.8 Å². The SMILES string of the molecule is C=C(C)[C@H]1Cc2c(ccc3c2O[C@@H]2COc4cc(OC)c(OC)cc4[C@@H]2/C3=N/N)O1. The van der Waals surface area contributed by atoms with E-state index in [1.54, 1.807) is 14.2 Å². The number of methoxy groups -OCH3 is 2. The summed E-state index contributed by atoms with van der Waals surface area (Å²) in [5, 5.41) is 4.20. The van der Waals surface area contributed by atoms with Crippen LogP contribution in [0.15, 0.2) is 41.5 Å². The fourth-order valence-corrected chi connectivity index (χ4v) is 4.51. The van der Waals surface area contributed by atoms with Crippen LogP contribution in [0.4, 0.5) is 0 Å². The Hall–Kier alpha value is -3.35. The first-order valence-corrected chi connectivity index (χ1v) is 9.87. The van der Waals surface area contributed by atoms with E-state index >= 15 is 0 Å². The van der Waals surface area contributed by atoms with Crippen molar-refractivity contribution in [3.05, 3.63) is 53.1 Å². The molecular formula is C23H24N2O5. The first kappa shape index (κ1) is 18.7. The minimum atomic E-state index is -0.263. The number of nitrogens with two attached hydrogens (primary N) is 1. The molecule has 0 unspecified atom stereocenters. The van der Waals surface area contributed by atoms with Gasteiger partial charge >= 0.3 is 0 Å². The van der Waals surface area contributed by atoms with Gasteiger partial charge in [0.15, 0.2) is 11.5 Å². The summed E-state index contributed by atoms with van der Waals surface area (Å²) in [5.41, 5.74) is 4.57. The highest BCUT2D eigenvalue weighted by molar-refractivity contribution is 6.09. The zero-order valence-electron chi connectivity index (χ0n) is 17.2. The molecule has 0 saturated carbocycles. The van der Waals surface area contributed by atoms with E-state index in [1.165, 1.54) is 0 Å². The van der Waals surface area contributed by atoms with E-state index in [1.807, 2.05) is 31.2 Å². The molecule has 2 aromatic rings. The summed E-state index contributed by atoms with van der Waals surface area (Å²) in [6.07, 6.45) is 0.401. The van der Waals surface area contributed by atoms with Crippen molar-refractivity contribution in [2.45, 2.75) is 31.5 Å². The number of hydrogen-bond acceptors (Lipinski definition) is 7. The number of rotatable bonds is 3. The molecule has 0 aliphatic carbocycles. The first-order chi connectivity index (χ1) is 14.5. The fourth-order valence-electron chi connectivity index (χ4n) is 4.51. The second-order valence-corrected chi connectivity index (χ2v) is 7.78. The number of nitrogens with zero attached hydrogens (tertiary/aromatic N) is 1. The zero-order valence-corrected chi connectivity index (χ0v) is 17.2. The molecule has 0 amide bonds. The van der Waals surface area contributed by atoms with Crippen LogP contribution in [0, 0.1) is 0 Å². The van der Waals surface area contributed by atoms with Gasteiger partial charge in [-0.3, -0.25) is 0 Å². The predicted molar refractivity (Wildman–Crippen MR) is 112 cm³/mol. The molecule has 156 valence electrons. The quantitative estimate of drug-likeness (QED) is 0.477. The van der Waals surface area contributed by atoms with Gasteiger partial charge in [0.1, 0.15) is 36.1 Å². The molecule has 0 spiro atoms. The Morgan fingerprint density at radius 1 is 1.13 bits per heavy atom. The molecule has 0 saturated heterocycles. The van der Waals surface area contributed by atoms with Crippen molar-refractivity contribution < 1.29 is 23.7 Å². The van der Waals surface area contributed by atoms with E-state index in [2.05, 4.69) is 11.7 Å². The lowest BCUT2D eigenvalue weighted by atomic mass is 9.80. The Labute approximate surface area is 175 Å². The number of hydrogen-bond donors (Lipinski definition) is 1. The molecule has 0 bridgehead atoms. The lowest BCUT2D eigenvalue weighted by molar-refractivity contribution is 0.0974. The largest absolute Gasteiger partial charge is 0.493 e. The Morgan fingerprint density at radius 2 is 1.90 bits per heavy atom. The van der Waals surface area contributed by atoms with Gasteiger partial charge in [0, 0.05) is 29.2 Å². The van der Waals surface area contributed by atoms with Crippen molar-refractivity contribution in [2.75, 3.05) is 20.8 Å². The van der Waals surface area contributed by atoms with Crippen LogP contribution in [0.2, 0.25) is 0 Å². The van der Waals surface area contributed by atoms with Crippen molar-refractivity contribution in [2.24, 2.45) is 10.9 Å². The van der Waals surface area contributed by atoms with Crippen LogP contribution < -0.4 is 29.5 Å². The third kappa shape index (κ3) is 2.61. The standard InChI is InChI=1S/C23H24N2O5/c1-11(2)16-8-14-15(29-16)6-5-12-22(25-24)21-13-7-18(26-3)19(27-4)9-17(13)28-10-20(21)30-23(12)14/h5-7,9,16,20-21H,1,8,10,24H2,2-4H3/b25-22+/t16-,20-,21+/m1/s1. The third-order valence-corrected chi connectivity index (χ3v) is 6.03. The maximum Gasteiger partial charge on any atom is 0.164 e. The van der Waals surface area contributed by atoms with Gasteiger partial charge in [0.2, 0.25) is 0 Å². The summed E-state index contributed by atoms with van der Waals surface area (Å²) in [5.74, 6) is 9.28. The molecule has 0 radical (unpaired) electrons. The maximum absolute atomic E-state index is 6.48. The molecular weight excluding hydrogens is 384 g/mol. The lowest BCUT2D eigenvalue weighted by Gasteiger charge is -2.39. The summed E-state index contributed by atoms with van der Waals surface area (Å²) in [6, 6.07) is 7.67. The molecule has 3 heterocycles. The topological polar surface area (TPSA) is 84.5 Å². The van der Waals surface area contributed by atoms with Gasteiger partial charge < -0.3 is 29.5 Å². The molecule has 2 N–H and O–H groups in total. The van der Waals surface area contributed by atoms with Gasteiger partial charge in [-0.05, 0) is 30.7 Å². The summed E-state index contributed by atoms with van der Waals surface area (Å²) in [4.78, 5) is 0. The maximum atomic E-state index is 6.48. The monoisotopic (exact) mass is 408 g/mol. The van der Waals surface area contributed by atoms with Gasteiger partial charge in [-0.1, -0.05) is 6.58 Å². The molecule has 0 fully saturated rings. The second kappa shape index (κ2) is 6.86. The fraction of sp³-hybridized carbons (Fsp3) is 0.348. The van der Waals surface area contributed by atoms with E-state index in [-0.39, 0.29) is 18.1 Å². The lowest BCUT2D eigenvalue weighted by Crippen LogP contribution is -2.44. The molecule has 3 aliphatic rings. The summed E-state index contributed by atoms with van der Waals surface area (Å²) >= 11 is 0. The molecule has 3 aliphatic heterocycles. The molecule has 30 heavy (non-hydrogen) atoms. The molecule has 7 heteroatoms. The van der Waals surface area contributed by atoms with Gasteiger partial charge in [-0.25, -0.2) is 0 Å². The molecule has 3 atom stereocenters. The molecule has 2 aromatic carbocycles. The Balaban J connectivity index is 1.62. The first-order valence-electron chi connectivity index (χ1n) is 9.87. The average molecular weight is 408 g/mol. The predicted octanol–water partition coefficient (Wildman–Crippen LogP) is 3.18.